The van der Waals surface area contributed by atoms with E-state index < -0.39 is 60.8 Å². The fourth-order valence-corrected chi connectivity index (χ4v) is 13.0. The van der Waals surface area contributed by atoms with E-state index >= 15 is 13.2 Å². The molecule has 3 unspecified atom stereocenters. The molecule has 3 atom stereocenters. The van der Waals surface area contributed by atoms with E-state index in [-0.39, 0.29) is 37.6 Å². The third kappa shape index (κ3) is 6.91. The zero-order valence-electron chi connectivity index (χ0n) is 31.0. The van der Waals surface area contributed by atoms with Crippen LogP contribution in [0, 0.1) is 17.5 Å². The number of fused-ring (bicyclic) bond motifs is 3. The van der Waals surface area contributed by atoms with Crippen molar-refractivity contribution in [1.29, 1.82) is 0 Å². The maximum absolute atomic E-state index is 17.4. The second kappa shape index (κ2) is 14.2. The Bertz CT molecular complexity index is 2090. The maximum atomic E-state index is 17.4. The predicted molar refractivity (Wildman–Crippen MR) is 203 cm³/mol. The Morgan fingerprint density at radius 2 is 1.50 bits per heavy atom. The Kier molecular flexibility index (Phi) is 9.91. The van der Waals surface area contributed by atoms with Crippen LogP contribution < -0.4 is 15.1 Å². The first-order valence-electron chi connectivity index (χ1n) is 18.2. The molecule has 1 saturated heterocycles. The summed E-state index contributed by atoms with van der Waals surface area (Å²) in [7, 11) is -3.12. The lowest BCUT2D eigenvalue weighted by molar-refractivity contribution is 0.0201. The van der Waals surface area contributed by atoms with Crippen molar-refractivity contribution in [3.63, 3.8) is 0 Å². The Morgan fingerprint density at radius 3 is 2.06 bits per heavy atom. The maximum Gasteiger partial charge on any atom is 0.407 e. The molecule has 2 aliphatic rings. The quantitative estimate of drug-likeness (QED) is 0.112. The van der Waals surface area contributed by atoms with Crippen LogP contribution >= 0.6 is 0 Å². The smallest absolute Gasteiger partial charge is 0.407 e. The molecule has 0 spiro atoms. The lowest BCUT2D eigenvalue weighted by Gasteiger charge is -2.46. The van der Waals surface area contributed by atoms with E-state index in [0.29, 0.717) is 28.6 Å². The number of ether oxygens (including phenoxy) is 1. The second-order valence-electron chi connectivity index (χ2n) is 15.9. The summed E-state index contributed by atoms with van der Waals surface area (Å²) in [4.78, 5) is 17.4. The molecule has 2 aliphatic heterocycles. The number of hydrogen-bond acceptors (Lipinski definition) is 4. The van der Waals surface area contributed by atoms with Gasteiger partial charge in [-0.25, -0.2) is 22.4 Å². The third-order valence-corrected chi connectivity index (χ3v) is 15.8. The van der Waals surface area contributed by atoms with Gasteiger partial charge < -0.3 is 24.2 Å². The van der Waals surface area contributed by atoms with Crippen molar-refractivity contribution in [1.82, 2.24) is 14.8 Å². The average Bonchev–Trinajstić information content (AvgIpc) is 3.44. The van der Waals surface area contributed by atoms with Crippen LogP contribution in [-0.2, 0) is 10.8 Å². The number of halogens is 4. The number of nitrogens with zero attached hydrogens (tertiary/aromatic N) is 2. The van der Waals surface area contributed by atoms with Crippen LogP contribution in [-0.4, -0.2) is 78.4 Å². The van der Waals surface area contributed by atoms with E-state index in [4.69, 9.17) is 14.3 Å². The van der Waals surface area contributed by atoms with Gasteiger partial charge in [0.15, 0.2) is 0 Å². The highest BCUT2D eigenvalue weighted by atomic mass is 28.4. The topological polar surface area (TPSA) is 78.0 Å². The van der Waals surface area contributed by atoms with Crippen molar-refractivity contribution < 1.29 is 36.6 Å². The normalized spacial score (nSPS) is 19.3. The van der Waals surface area contributed by atoms with Crippen LogP contribution in [0.5, 0.6) is 5.75 Å². The van der Waals surface area contributed by atoms with Gasteiger partial charge >= 0.3 is 6.09 Å². The van der Waals surface area contributed by atoms with Gasteiger partial charge in [-0.2, -0.15) is 0 Å². The summed E-state index contributed by atoms with van der Waals surface area (Å²) in [6, 6.07) is 24.8. The molecule has 7 nitrogen and oxygen atoms in total. The predicted octanol–water partition coefficient (Wildman–Crippen LogP) is 7.97. The molecule has 4 aromatic carbocycles. The molecule has 3 heterocycles. The minimum absolute atomic E-state index is 0.0767. The molecular formula is C42H45F4N3O4Si. The number of benzene rings is 4. The summed E-state index contributed by atoms with van der Waals surface area (Å²) in [5.74, 6) is -2.32. The summed E-state index contributed by atoms with van der Waals surface area (Å²) in [5, 5.41) is 11.4. The van der Waals surface area contributed by atoms with Crippen LogP contribution in [0.2, 0.25) is 5.04 Å². The first kappa shape index (κ1) is 37.7. The molecule has 0 radical (unpaired) electrons. The molecule has 0 bridgehead atoms. The van der Waals surface area contributed by atoms with Gasteiger partial charge in [-0.05, 0) is 59.4 Å². The zero-order valence-corrected chi connectivity index (χ0v) is 32.0. The van der Waals surface area contributed by atoms with Gasteiger partial charge in [0.05, 0.1) is 25.7 Å². The average molecular weight is 760 g/mol. The molecule has 5 aromatic rings. The van der Waals surface area contributed by atoms with Crippen LogP contribution in [0.15, 0.2) is 91.0 Å². The summed E-state index contributed by atoms with van der Waals surface area (Å²) >= 11 is 0. The number of carbonyl (C=O) groups is 1. The number of likely N-dealkylation sites (tertiary alicyclic amines) is 1. The third-order valence-electron chi connectivity index (χ3n) is 10.8. The van der Waals surface area contributed by atoms with E-state index in [9.17, 15) is 9.18 Å². The van der Waals surface area contributed by atoms with Crippen molar-refractivity contribution in [2.24, 2.45) is 0 Å². The first-order chi connectivity index (χ1) is 25.6. The van der Waals surface area contributed by atoms with E-state index in [1.54, 1.807) is 11.0 Å². The SMILES string of the molecule is CC1Cc2c([nH]c3ccc(F)cc23)C(c2c(F)cc(OC3CN(C(=O)O)C3)cc2F)N1CC(C)(F)CO[Si](c1ccccc1)(c1ccccc1)C(C)(C)C. The van der Waals surface area contributed by atoms with Gasteiger partial charge in [-0.1, -0.05) is 81.4 Å². The van der Waals surface area contributed by atoms with Gasteiger partial charge in [-0.15, -0.1) is 0 Å². The zero-order chi connectivity index (χ0) is 38.6. The first-order valence-corrected chi connectivity index (χ1v) is 20.1. The molecule has 1 aromatic heterocycles. The van der Waals surface area contributed by atoms with Gasteiger partial charge in [0.2, 0.25) is 0 Å². The molecule has 54 heavy (non-hydrogen) atoms. The van der Waals surface area contributed by atoms with Crippen molar-refractivity contribution >= 4 is 35.7 Å². The summed E-state index contributed by atoms with van der Waals surface area (Å²) < 4.78 is 77.5. The highest BCUT2D eigenvalue weighted by Gasteiger charge is 2.52. The fourth-order valence-electron chi connectivity index (χ4n) is 8.28. The van der Waals surface area contributed by atoms with E-state index in [2.05, 4.69) is 25.8 Å². The number of H-pyrrole nitrogens is 1. The number of carboxylic acid groups (broad SMARTS) is 1. The monoisotopic (exact) mass is 759 g/mol. The van der Waals surface area contributed by atoms with Crippen molar-refractivity contribution in [3.05, 3.63) is 125 Å². The number of aromatic amines is 1. The summed E-state index contributed by atoms with van der Waals surface area (Å²) in [6.07, 6.45) is -1.26. The Hall–Kier alpha value is -4.65. The molecule has 2 N–H and O–H groups in total. The number of rotatable bonds is 10. The lowest BCUT2D eigenvalue weighted by atomic mass is 9.87. The van der Waals surface area contributed by atoms with Crippen LogP contribution in [0.1, 0.15) is 57.5 Å². The number of alkyl halides is 1. The second-order valence-corrected chi connectivity index (χ2v) is 20.2. The van der Waals surface area contributed by atoms with Crippen molar-refractivity contribution in [3.8, 4) is 5.75 Å². The van der Waals surface area contributed by atoms with Crippen molar-refractivity contribution in [2.75, 3.05) is 26.2 Å². The van der Waals surface area contributed by atoms with Crippen molar-refractivity contribution in [2.45, 2.75) is 69.9 Å². The molecule has 0 aliphatic carbocycles. The van der Waals surface area contributed by atoms with Gasteiger partial charge in [0.1, 0.15) is 35.0 Å². The molecule has 7 rings (SSSR count). The Balaban J connectivity index is 1.26. The van der Waals surface area contributed by atoms with E-state index in [1.165, 1.54) is 19.1 Å². The van der Waals surface area contributed by atoms with Crippen LogP contribution in [0.25, 0.3) is 10.9 Å². The van der Waals surface area contributed by atoms with Gasteiger partial charge in [-0.3, -0.25) is 4.90 Å². The summed E-state index contributed by atoms with van der Waals surface area (Å²) in [5.41, 5.74) is -0.519. The van der Waals surface area contributed by atoms with Gasteiger partial charge in [0, 0.05) is 46.9 Å². The van der Waals surface area contributed by atoms with Crippen LogP contribution in [0.3, 0.4) is 0 Å². The molecule has 1 fully saturated rings. The Labute approximate surface area is 313 Å². The number of amides is 1. The standard InChI is InChI=1S/C42H45F4N3O4Si/c1-26-18-33-32-19-27(43)16-17-36(32)47-38(33)39(37-34(44)20-28(21-35(37)45)53-29-22-48(23-29)40(50)51)49(26)24-42(5,46)25-52-54(41(2,3)4,30-12-8-6-9-13-30)31-14-10-7-11-15-31/h6-17,19-21,26,29,39,47H,18,22-25H2,1-5H3,(H,50,51). The molecule has 0 saturated carbocycles. The minimum atomic E-state index is -3.12. The molecule has 284 valence electrons. The minimum Gasteiger partial charge on any atom is -0.487 e. The Morgan fingerprint density at radius 1 is 0.907 bits per heavy atom. The van der Waals surface area contributed by atoms with E-state index in [0.717, 1.165) is 27.4 Å². The lowest BCUT2D eigenvalue weighted by Crippen LogP contribution is -2.67. The molecular weight excluding hydrogens is 715 g/mol. The molecule has 12 heteroatoms. The fraction of sp³-hybridized carbons (Fsp3) is 0.357. The number of nitrogens with one attached hydrogen (secondary N) is 1. The van der Waals surface area contributed by atoms with E-state index in [1.807, 2.05) is 67.6 Å². The van der Waals surface area contributed by atoms with Crippen LogP contribution in [0.4, 0.5) is 22.4 Å². The molecule has 1 amide bonds. The summed E-state index contributed by atoms with van der Waals surface area (Å²) in [6.45, 7) is 9.33. The number of aromatic nitrogens is 1. The highest BCUT2D eigenvalue weighted by molar-refractivity contribution is 6.99. The highest BCUT2D eigenvalue weighted by Crippen LogP contribution is 2.45. The number of hydrogen-bond donors (Lipinski definition) is 2. The largest absolute Gasteiger partial charge is 0.487 e. The van der Waals surface area contributed by atoms with Gasteiger partial charge in [0.25, 0.3) is 8.32 Å².